The van der Waals surface area contributed by atoms with E-state index in [4.69, 9.17) is 15.2 Å². The van der Waals surface area contributed by atoms with Crippen LogP contribution in [-0.2, 0) is 11.3 Å². The standard InChI is InChI=1S/C21H25N3O3/c1-26-16-4-6-17(7-5-16)27-18-10-13(8-9-23-18)12-24-21(25)19-14-2-3-15(11-14)20(19)22/h4-10,14-15,19-20H,2-3,11-12,22H2,1H3,(H,24,25). The average Bonchev–Trinajstić information content (AvgIpc) is 3.28. The monoisotopic (exact) mass is 367 g/mol. The molecule has 6 heteroatoms. The van der Waals surface area contributed by atoms with Gasteiger partial charge >= 0.3 is 0 Å². The van der Waals surface area contributed by atoms with E-state index in [1.54, 1.807) is 13.3 Å². The first-order valence-corrected chi connectivity index (χ1v) is 9.44. The highest BCUT2D eigenvalue weighted by Crippen LogP contribution is 2.47. The molecular formula is C21H25N3O3. The molecule has 27 heavy (non-hydrogen) atoms. The van der Waals surface area contributed by atoms with Crippen LogP contribution in [0.5, 0.6) is 17.4 Å². The molecule has 4 unspecified atom stereocenters. The van der Waals surface area contributed by atoms with Crippen molar-refractivity contribution < 1.29 is 14.3 Å². The molecule has 4 rings (SSSR count). The number of pyridine rings is 1. The average molecular weight is 367 g/mol. The third-order valence-corrected chi connectivity index (χ3v) is 5.83. The van der Waals surface area contributed by atoms with Crippen molar-refractivity contribution in [2.75, 3.05) is 7.11 Å². The largest absolute Gasteiger partial charge is 0.497 e. The lowest BCUT2D eigenvalue weighted by Gasteiger charge is -2.27. The molecule has 4 atom stereocenters. The van der Waals surface area contributed by atoms with E-state index in [1.165, 1.54) is 6.42 Å². The number of fused-ring (bicyclic) bond motifs is 2. The Morgan fingerprint density at radius 1 is 1.19 bits per heavy atom. The summed E-state index contributed by atoms with van der Waals surface area (Å²) in [5, 5.41) is 3.04. The smallest absolute Gasteiger partial charge is 0.225 e. The van der Waals surface area contributed by atoms with E-state index in [-0.39, 0.29) is 17.9 Å². The van der Waals surface area contributed by atoms with Gasteiger partial charge in [-0.2, -0.15) is 0 Å². The number of carbonyl (C=O) groups is 1. The lowest BCUT2D eigenvalue weighted by Crippen LogP contribution is -2.45. The molecule has 2 aromatic rings. The number of nitrogens with two attached hydrogens (primary N) is 1. The van der Waals surface area contributed by atoms with E-state index in [2.05, 4.69) is 10.3 Å². The molecule has 1 aromatic carbocycles. The van der Waals surface area contributed by atoms with Crippen molar-refractivity contribution in [2.24, 2.45) is 23.5 Å². The lowest BCUT2D eigenvalue weighted by molar-refractivity contribution is -0.127. The summed E-state index contributed by atoms with van der Waals surface area (Å²) in [5.41, 5.74) is 7.21. The minimum atomic E-state index is -0.0411. The van der Waals surface area contributed by atoms with Crippen LogP contribution >= 0.6 is 0 Å². The molecule has 2 fully saturated rings. The Labute approximate surface area is 159 Å². The Balaban J connectivity index is 1.35. The van der Waals surface area contributed by atoms with E-state index in [9.17, 15) is 4.79 Å². The van der Waals surface area contributed by atoms with Gasteiger partial charge < -0.3 is 20.5 Å². The maximum Gasteiger partial charge on any atom is 0.225 e. The molecule has 6 nitrogen and oxygen atoms in total. The predicted octanol–water partition coefficient (Wildman–Crippen LogP) is 2.87. The van der Waals surface area contributed by atoms with Crippen LogP contribution < -0.4 is 20.5 Å². The summed E-state index contributed by atoms with van der Waals surface area (Å²) in [6.07, 6.45) is 5.09. The lowest BCUT2D eigenvalue weighted by atomic mass is 9.84. The number of amides is 1. The minimum absolute atomic E-state index is 0.00940. The third kappa shape index (κ3) is 3.76. The number of hydrogen-bond donors (Lipinski definition) is 2. The molecule has 2 aliphatic carbocycles. The van der Waals surface area contributed by atoms with E-state index in [1.807, 2.05) is 36.4 Å². The highest BCUT2D eigenvalue weighted by Gasteiger charge is 2.48. The van der Waals surface area contributed by atoms with Gasteiger partial charge in [0.2, 0.25) is 11.8 Å². The van der Waals surface area contributed by atoms with E-state index in [0.717, 1.165) is 24.2 Å². The van der Waals surface area contributed by atoms with Crippen molar-refractivity contribution in [3.05, 3.63) is 48.2 Å². The van der Waals surface area contributed by atoms with Gasteiger partial charge in [-0.05, 0) is 67.0 Å². The molecule has 0 radical (unpaired) electrons. The van der Waals surface area contributed by atoms with Crippen molar-refractivity contribution in [3.63, 3.8) is 0 Å². The molecule has 2 bridgehead atoms. The molecule has 0 saturated heterocycles. The van der Waals surface area contributed by atoms with Gasteiger partial charge in [-0.1, -0.05) is 0 Å². The van der Waals surface area contributed by atoms with Crippen LogP contribution in [0.1, 0.15) is 24.8 Å². The third-order valence-electron chi connectivity index (χ3n) is 5.83. The van der Waals surface area contributed by atoms with E-state index >= 15 is 0 Å². The fraction of sp³-hybridized carbons (Fsp3) is 0.429. The Morgan fingerprint density at radius 3 is 2.63 bits per heavy atom. The Morgan fingerprint density at radius 2 is 1.93 bits per heavy atom. The van der Waals surface area contributed by atoms with Crippen LogP contribution in [0.15, 0.2) is 42.6 Å². The number of rotatable bonds is 6. The highest BCUT2D eigenvalue weighted by atomic mass is 16.5. The SMILES string of the molecule is COc1ccc(Oc2cc(CNC(=O)C3C4CCC(C4)C3N)ccn2)cc1. The second-order valence-electron chi connectivity index (χ2n) is 7.43. The highest BCUT2D eigenvalue weighted by molar-refractivity contribution is 5.80. The maximum absolute atomic E-state index is 12.6. The zero-order chi connectivity index (χ0) is 18.8. The first-order chi connectivity index (χ1) is 13.1. The summed E-state index contributed by atoms with van der Waals surface area (Å²) >= 11 is 0. The summed E-state index contributed by atoms with van der Waals surface area (Å²) in [4.78, 5) is 16.8. The van der Waals surface area contributed by atoms with Crippen LogP contribution in [0.4, 0.5) is 0 Å². The summed E-state index contributed by atoms with van der Waals surface area (Å²) in [6.45, 7) is 0.445. The van der Waals surface area contributed by atoms with Gasteiger partial charge in [0.1, 0.15) is 11.5 Å². The Hall–Kier alpha value is -2.60. The molecule has 0 spiro atoms. The number of hydrogen-bond acceptors (Lipinski definition) is 5. The number of nitrogens with one attached hydrogen (secondary N) is 1. The number of nitrogens with zero attached hydrogens (tertiary/aromatic N) is 1. The van der Waals surface area contributed by atoms with Gasteiger partial charge in [-0.3, -0.25) is 4.79 Å². The van der Waals surface area contributed by atoms with E-state index in [0.29, 0.717) is 30.0 Å². The molecule has 3 N–H and O–H groups in total. The topological polar surface area (TPSA) is 86.5 Å². The Kier molecular flexibility index (Phi) is 4.99. The van der Waals surface area contributed by atoms with Crippen LogP contribution in [-0.4, -0.2) is 24.0 Å². The van der Waals surface area contributed by atoms with Crippen LogP contribution in [0.3, 0.4) is 0 Å². The summed E-state index contributed by atoms with van der Waals surface area (Å²) in [5.74, 6) is 2.95. The van der Waals surface area contributed by atoms with Crippen molar-refractivity contribution in [1.82, 2.24) is 10.3 Å². The van der Waals surface area contributed by atoms with Gasteiger partial charge in [-0.25, -0.2) is 4.98 Å². The van der Waals surface area contributed by atoms with Crippen molar-refractivity contribution >= 4 is 5.91 Å². The quantitative estimate of drug-likeness (QED) is 0.820. The second kappa shape index (κ2) is 7.56. The minimum Gasteiger partial charge on any atom is -0.497 e. The maximum atomic E-state index is 12.6. The van der Waals surface area contributed by atoms with Crippen LogP contribution in [0, 0.1) is 17.8 Å². The molecule has 0 aliphatic heterocycles. The molecule has 1 heterocycles. The number of aromatic nitrogens is 1. The van der Waals surface area contributed by atoms with Gasteiger partial charge in [0.05, 0.1) is 13.0 Å². The van der Waals surface area contributed by atoms with Gasteiger partial charge in [-0.15, -0.1) is 0 Å². The zero-order valence-electron chi connectivity index (χ0n) is 15.4. The van der Waals surface area contributed by atoms with Gasteiger partial charge in [0, 0.05) is 24.8 Å². The fourth-order valence-corrected chi connectivity index (χ4v) is 4.41. The summed E-state index contributed by atoms with van der Waals surface area (Å²) < 4.78 is 10.9. The number of ether oxygens (including phenoxy) is 2. The van der Waals surface area contributed by atoms with Gasteiger partial charge in [0.15, 0.2) is 0 Å². The molecule has 2 aliphatic rings. The van der Waals surface area contributed by atoms with Crippen molar-refractivity contribution in [3.8, 4) is 17.4 Å². The zero-order valence-corrected chi connectivity index (χ0v) is 15.4. The van der Waals surface area contributed by atoms with Crippen molar-refractivity contribution in [1.29, 1.82) is 0 Å². The van der Waals surface area contributed by atoms with Crippen LogP contribution in [0.2, 0.25) is 0 Å². The number of carbonyl (C=O) groups excluding carboxylic acids is 1. The normalized spacial score (nSPS) is 26.0. The van der Waals surface area contributed by atoms with Crippen molar-refractivity contribution in [2.45, 2.75) is 31.8 Å². The predicted molar refractivity (Wildman–Crippen MR) is 101 cm³/mol. The van der Waals surface area contributed by atoms with Crippen LogP contribution in [0.25, 0.3) is 0 Å². The summed E-state index contributed by atoms with van der Waals surface area (Å²) in [6, 6.07) is 11.0. The molecule has 1 aromatic heterocycles. The first-order valence-electron chi connectivity index (χ1n) is 9.44. The molecule has 1 amide bonds. The number of methoxy groups -OCH3 is 1. The van der Waals surface area contributed by atoms with E-state index < -0.39 is 0 Å². The first kappa shape index (κ1) is 17.8. The second-order valence-corrected chi connectivity index (χ2v) is 7.43. The van der Waals surface area contributed by atoms with Gasteiger partial charge in [0.25, 0.3) is 0 Å². The Bertz CT molecular complexity index is 807. The number of benzene rings is 1. The molecular weight excluding hydrogens is 342 g/mol. The fourth-order valence-electron chi connectivity index (χ4n) is 4.41. The molecule has 2 saturated carbocycles. The molecule has 142 valence electrons. The summed E-state index contributed by atoms with van der Waals surface area (Å²) in [7, 11) is 1.62.